The van der Waals surface area contributed by atoms with E-state index in [0.29, 0.717) is 13.0 Å². The average molecular weight is 262 g/mol. The van der Waals surface area contributed by atoms with Gasteiger partial charge in [-0.3, -0.25) is 0 Å². The van der Waals surface area contributed by atoms with Gasteiger partial charge in [0.05, 0.1) is 12.7 Å². The Bertz CT molecular complexity index is 249. The SMILES string of the molecule is COC1C[C@H](O)[C@@H](CO[Si](C)(C)C(C)(C)C)O1. The highest BCUT2D eigenvalue weighted by Crippen LogP contribution is 2.37. The molecule has 0 aromatic rings. The lowest BCUT2D eigenvalue weighted by Crippen LogP contribution is -2.43. The summed E-state index contributed by atoms with van der Waals surface area (Å²) in [4.78, 5) is 0. The van der Waals surface area contributed by atoms with Crippen molar-refractivity contribution in [2.45, 2.75) is 63.8 Å². The Morgan fingerprint density at radius 1 is 1.35 bits per heavy atom. The molecule has 1 aliphatic heterocycles. The van der Waals surface area contributed by atoms with Crippen molar-refractivity contribution in [2.75, 3.05) is 13.7 Å². The first-order valence-electron chi connectivity index (χ1n) is 6.17. The highest BCUT2D eigenvalue weighted by Gasteiger charge is 2.40. The van der Waals surface area contributed by atoms with Crippen molar-refractivity contribution in [1.82, 2.24) is 0 Å². The Hall–Kier alpha value is 0.0569. The number of rotatable bonds is 4. The molecule has 1 aliphatic rings. The molecule has 0 aromatic heterocycles. The second kappa shape index (κ2) is 5.36. The Labute approximate surface area is 105 Å². The van der Waals surface area contributed by atoms with Crippen molar-refractivity contribution >= 4 is 8.32 Å². The number of aliphatic hydroxyl groups is 1. The Kier molecular flexibility index (Phi) is 4.77. The standard InChI is InChI=1S/C12H26O4Si/c1-12(2,3)17(5,6)15-8-10-9(13)7-11(14-4)16-10/h9-11,13H,7-8H2,1-6H3/t9-,10+,11?/m0/s1. The van der Waals surface area contributed by atoms with Gasteiger partial charge in [0.1, 0.15) is 6.10 Å². The maximum absolute atomic E-state index is 9.82. The second-order valence-electron chi connectivity index (χ2n) is 6.21. The molecule has 17 heavy (non-hydrogen) atoms. The van der Waals surface area contributed by atoms with Gasteiger partial charge < -0.3 is 19.0 Å². The fraction of sp³-hybridized carbons (Fsp3) is 1.00. The molecule has 102 valence electrons. The lowest BCUT2D eigenvalue weighted by Gasteiger charge is -2.37. The van der Waals surface area contributed by atoms with E-state index in [1.165, 1.54) is 0 Å². The zero-order valence-electron chi connectivity index (χ0n) is 11.8. The fourth-order valence-corrected chi connectivity index (χ4v) is 2.51. The number of hydrogen-bond donors (Lipinski definition) is 1. The summed E-state index contributed by atoms with van der Waals surface area (Å²) in [5.74, 6) is 0. The van der Waals surface area contributed by atoms with Gasteiger partial charge in [-0.2, -0.15) is 0 Å². The monoisotopic (exact) mass is 262 g/mol. The zero-order valence-corrected chi connectivity index (χ0v) is 12.8. The van der Waals surface area contributed by atoms with Gasteiger partial charge in [0.2, 0.25) is 0 Å². The largest absolute Gasteiger partial charge is 0.414 e. The number of ether oxygens (including phenoxy) is 2. The van der Waals surface area contributed by atoms with Crippen LogP contribution in [0, 0.1) is 0 Å². The minimum atomic E-state index is -1.77. The third-order valence-corrected chi connectivity index (χ3v) is 8.37. The van der Waals surface area contributed by atoms with Crippen LogP contribution in [-0.2, 0) is 13.9 Å². The van der Waals surface area contributed by atoms with E-state index in [1.54, 1.807) is 7.11 Å². The van der Waals surface area contributed by atoms with Crippen LogP contribution in [0.25, 0.3) is 0 Å². The molecule has 1 N–H and O–H groups in total. The van der Waals surface area contributed by atoms with Crippen LogP contribution < -0.4 is 0 Å². The summed E-state index contributed by atoms with van der Waals surface area (Å²) in [6.45, 7) is 11.4. The van der Waals surface area contributed by atoms with E-state index in [1.807, 2.05) is 0 Å². The van der Waals surface area contributed by atoms with Crippen LogP contribution in [0.2, 0.25) is 18.1 Å². The first-order chi connectivity index (χ1) is 7.67. The molecule has 1 unspecified atom stereocenters. The molecule has 1 saturated heterocycles. The van der Waals surface area contributed by atoms with E-state index in [-0.39, 0.29) is 17.4 Å². The first kappa shape index (κ1) is 15.1. The highest BCUT2D eigenvalue weighted by molar-refractivity contribution is 6.74. The van der Waals surface area contributed by atoms with Crippen molar-refractivity contribution in [3.05, 3.63) is 0 Å². The van der Waals surface area contributed by atoms with Crippen LogP contribution in [0.3, 0.4) is 0 Å². The lowest BCUT2D eigenvalue weighted by molar-refractivity contribution is -0.125. The molecular formula is C12H26O4Si. The highest BCUT2D eigenvalue weighted by atomic mass is 28.4. The van der Waals surface area contributed by atoms with E-state index in [4.69, 9.17) is 13.9 Å². The summed E-state index contributed by atoms with van der Waals surface area (Å²) in [6, 6.07) is 0. The van der Waals surface area contributed by atoms with Crippen molar-refractivity contribution in [3.63, 3.8) is 0 Å². The summed E-state index contributed by atoms with van der Waals surface area (Å²) in [7, 11) is -0.174. The van der Waals surface area contributed by atoms with Crippen LogP contribution in [0.15, 0.2) is 0 Å². The summed E-state index contributed by atoms with van der Waals surface area (Å²) in [5.41, 5.74) is 0. The van der Waals surface area contributed by atoms with E-state index in [2.05, 4.69) is 33.9 Å². The van der Waals surface area contributed by atoms with Crippen LogP contribution >= 0.6 is 0 Å². The molecule has 0 aliphatic carbocycles. The molecule has 1 rings (SSSR count). The Balaban J connectivity index is 2.46. The van der Waals surface area contributed by atoms with Crippen LogP contribution in [0.1, 0.15) is 27.2 Å². The van der Waals surface area contributed by atoms with E-state index in [9.17, 15) is 5.11 Å². The van der Waals surface area contributed by atoms with Gasteiger partial charge in [-0.15, -0.1) is 0 Å². The third-order valence-electron chi connectivity index (χ3n) is 3.87. The second-order valence-corrected chi connectivity index (χ2v) is 11.0. The third kappa shape index (κ3) is 3.76. The predicted molar refractivity (Wildman–Crippen MR) is 69.4 cm³/mol. The van der Waals surface area contributed by atoms with Gasteiger partial charge in [-0.1, -0.05) is 20.8 Å². The average Bonchev–Trinajstić information content (AvgIpc) is 2.55. The van der Waals surface area contributed by atoms with Gasteiger partial charge in [-0.25, -0.2) is 0 Å². The summed E-state index contributed by atoms with van der Waals surface area (Å²) in [5, 5.41) is 10.00. The molecule has 1 heterocycles. The molecule has 4 nitrogen and oxygen atoms in total. The number of methoxy groups -OCH3 is 1. The lowest BCUT2D eigenvalue weighted by atomic mass is 10.2. The fourth-order valence-electron chi connectivity index (χ4n) is 1.50. The smallest absolute Gasteiger partial charge is 0.192 e. The zero-order chi connectivity index (χ0) is 13.3. The number of hydrogen-bond acceptors (Lipinski definition) is 4. The van der Waals surface area contributed by atoms with Gasteiger partial charge in [0.15, 0.2) is 14.6 Å². The van der Waals surface area contributed by atoms with E-state index >= 15 is 0 Å². The topological polar surface area (TPSA) is 47.9 Å². The van der Waals surface area contributed by atoms with Crippen molar-refractivity contribution in [3.8, 4) is 0 Å². The van der Waals surface area contributed by atoms with E-state index < -0.39 is 14.4 Å². The van der Waals surface area contributed by atoms with Crippen molar-refractivity contribution < 1.29 is 19.0 Å². The maximum atomic E-state index is 9.82. The number of aliphatic hydroxyl groups excluding tert-OH is 1. The molecule has 0 spiro atoms. The van der Waals surface area contributed by atoms with Crippen LogP contribution in [-0.4, -0.2) is 45.6 Å². The van der Waals surface area contributed by atoms with Crippen molar-refractivity contribution in [1.29, 1.82) is 0 Å². The minimum absolute atomic E-state index is 0.178. The molecule has 0 bridgehead atoms. The summed E-state index contributed by atoms with van der Waals surface area (Å²) >= 11 is 0. The first-order valence-corrected chi connectivity index (χ1v) is 9.08. The molecule has 5 heteroatoms. The van der Waals surface area contributed by atoms with Gasteiger partial charge in [0, 0.05) is 13.5 Å². The molecule has 0 saturated carbocycles. The maximum Gasteiger partial charge on any atom is 0.192 e. The molecule has 3 atom stereocenters. The predicted octanol–water partition coefficient (Wildman–Crippen LogP) is 2.13. The van der Waals surface area contributed by atoms with Gasteiger partial charge in [0.25, 0.3) is 0 Å². The molecule has 1 fully saturated rings. The molecule has 0 radical (unpaired) electrons. The van der Waals surface area contributed by atoms with Crippen LogP contribution in [0.4, 0.5) is 0 Å². The minimum Gasteiger partial charge on any atom is -0.414 e. The normalized spacial score (nSPS) is 30.9. The summed E-state index contributed by atoms with van der Waals surface area (Å²) < 4.78 is 16.7. The Morgan fingerprint density at radius 3 is 2.35 bits per heavy atom. The molecule has 0 aromatic carbocycles. The van der Waals surface area contributed by atoms with Crippen LogP contribution in [0.5, 0.6) is 0 Å². The quantitative estimate of drug-likeness (QED) is 0.789. The molecule has 0 amide bonds. The molecular weight excluding hydrogens is 236 g/mol. The van der Waals surface area contributed by atoms with Gasteiger partial charge in [-0.05, 0) is 18.1 Å². The van der Waals surface area contributed by atoms with Crippen molar-refractivity contribution in [2.24, 2.45) is 0 Å². The van der Waals surface area contributed by atoms with Gasteiger partial charge >= 0.3 is 0 Å². The Morgan fingerprint density at radius 2 is 1.94 bits per heavy atom. The van der Waals surface area contributed by atoms with E-state index in [0.717, 1.165) is 0 Å². The summed E-state index contributed by atoms with van der Waals surface area (Å²) in [6.07, 6.45) is -0.501.